The van der Waals surface area contributed by atoms with E-state index in [0.29, 0.717) is 19.5 Å². The Labute approximate surface area is 107 Å². The molecule has 1 aliphatic rings. The average Bonchev–Trinajstić information content (AvgIpc) is 2.12. The lowest BCUT2D eigenvalue weighted by atomic mass is 9.95. The molecule has 2 N–H and O–H groups in total. The van der Waals surface area contributed by atoms with Gasteiger partial charge in [-0.25, -0.2) is 4.79 Å². The van der Waals surface area contributed by atoms with Gasteiger partial charge in [0, 0.05) is 19.1 Å². The number of nitrogens with one attached hydrogen (secondary N) is 1. The van der Waals surface area contributed by atoms with Crippen LogP contribution < -0.4 is 5.32 Å². The summed E-state index contributed by atoms with van der Waals surface area (Å²) in [6.45, 7) is 6.53. The van der Waals surface area contributed by atoms with E-state index < -0.39 is 23.6 Å². The molecule has 1 amide bonds. The molecule has 6 heteroatoms. The van der Waals surface area contributed by atoms with E-state index in [1.54, 1.807) is 20.8 Å². The van der Waals surface area contributed by atoms with Crippen LogP contribution in [0.1, 0.15) is 27.2 Å². The van der Waals surface area contributed by atoms with Crippen LogP contribution in [-0.4, -0.2) is 53.8 Å². The Bertz CT molecular complexity index is 325. The number of piperidine rings is 1. The zero-order valence-corrected chi connectivity index (χ0v) is 11.4. The van der Waals surface area contributed by atoms with Gasteiger partial charge < -0.3 is 20.1 Å². The minimum absolute atomic E-state index is 0.181. The quantitative estimate of drug-likeness (QED) is 0.770. The molecular weight excluding hydrogens is 236 g/mol. The zero-order chi connectivity index (χ0) is 13.9. The number of ether oxygens (including phenoxy) is 1. The third-order valence-electron chi connectivity index (χ3n) is 2.70. The Morgan fingerprint density at radius 1 is 1.33 bits per heavy atom. The van der Waals surface area contributed by atoms with Crippen LogP contribution in [0, 0.1) is 5.92 Å². The van der Waals surface area contributed by atoms with E-state index >= 15 is 0 Å². The first-order valence-electron chi connectivity index (χ1n) is 6.08. The highest BCUT2D eigenvalue weighted by Gasteiger charge is 2.31. The molecular formula is C12H22N2O4. The molecule has 6 nitrogen and oxygen atoms in total. The molecule has 1 saturated heterocycles. The molecule has 0 saturated carbocycles. The average molecular weight is 258 g/mol. The van der Waals surface area contributed by atoms with Crippen molar-refractivity contribution in [2.45, 2.75) is 38.8 Å². The highest BCUT2D eigenvalue weighted by molar-refractivity contribution is 5.71. The van der Waals surface area contributed by atoms with E-state index in [-0.39, 0.29) is 6.04 Å². The summed E-state index contributed by atoms with van der Waals surface area (Å²) in [4.78, 5) is 24.5. The van der Waals surface area contributed by atoms with Crippen LogP contribution >= 0.6 is 0 Å². The first kappa shape index (κ1) is 14.8. The molecule has 0 radical (unpaired) electrons. The Hall–Kier alpha value is -1.30. The van der Waals surface area contributed by atoms with Crippen molar-refractivity contribution < 1.29 is 19.4 Å². The van der Waals surface area contributed by atoms with Crippen LogP contribution in [0.15, 0.2) is 0 Å². The van der Waals surface area contributed by atoms with Crippen molar-refractivity contribution in [2.75, 3.05) is 20.1 Å². The number of carboxylic acid groups (broad SMARTS) is 1. The van der Waals surface area contributed by atoms with Gasteiger partial charge in [0.15, 0.2) is 0 Å². The number of hydrogen-bond acceptors (Lipinski definition) is 4. The number of nitrogens with zero attached hydrogens (tertiary/aromatic N) is 1. The van der Waals surface area contributed by atoms with E-state index in [1.807, 2.05) is 11.9 Å². The maximum atomic E-state index is 11.6. The molecule has 1 heterocycles. The summed E-state index contributed by atoms with van der Waals surface area (Å²) >= 11 is 0. The van der Waals surface area contributed by atoms with Crippen LogP contribution in [0.3, 0.4) is 0 Å². The molecule has 1 aliphatic heterocycles. The van der Waals surface area contributed by atoms with Crippen LogP contribution in [-0.2, 0) is 9.53 Å². The second-order valence-electron chi connectivity index (χ2n) is 5.84. The second kappa shape index (κ2) is 5.56. The Morgan fingerprint density at radius 3 is 2.44 bits per heavy atom. The van der Waals surface area contributed by atoms with Gasteiger partial charge in [-0.2, -0.15) is 0 Å². The van der Waals surface area contributed by atoms with Crippen LogP contribution in [0.25, 0.3) is 0 Å². The molecule has 2 unspecified atom stereocenters. The molecule has 0 aliphatic carbocycles. The van der Waals surface area contributed by atoms with Gasteiger partial charge >= 0.3 is 12.1 Å². The van der Waals surface area contributed by atoms with Crippen molar-refractivity contribution in [2.24, 2.45) is 5.92 Å². The number of carboxylic acids is 1. The first-order chi connectivity index (χ1) is 8.17. The van der Waals surface area contributed by atoms with Gasteiger partial charge in [-0.05, 0) is 34.2 Å². The number of alkyl carbamates (subject to hydrolysis) is 1. The Kier molecular flexibility index (Phi) is 4.56. The summed E-state index contributed by atoms with van der Waals surface area (Å²) < 4.78 is 5.16. The molecule has 0 aromatic carbocycles. The molecule has 0 aromatic heterocycles. The van der Waals surface area contributed by atoms with Gasteiger partial charge in [0.25, 0.3) is 0 Å². The summed E-state index contributed by atoms with van der Waals surface area (Å²) in [5.74, 6) is -1.26. The number of likely N-dealkylation sites (tertiary alicyclic amines) is 1. The summed E-state index contributed by atoms with van der Waals surface area (Å²) in [5, 5.41) is 11.7. The summed E-state index contributed by atoms with van der Waals surface area (Å²) in [5.41, 5.74) is -0.545. The summed E-state index contributed by atoms with van der Waals surface area (Å²) in [7, 11) is 1.85. The SMILES string of the molecule is CN1CC(NC(=O)OC(C)(C)C)CC(C(=O)O)C1. The van der Waals surface area contributed by atoms with Crippen molar-refractivity contribution in [1.29, 1.82) is 0 Å². The van der Waals surface area contributed by atoms with E-state index in [4.69, 9.17) is 9.84 Å². The topological polar surface area (TPSA) is 78.9 Å². The number of carbonyl (C=O) groups excluding carboxylic acids is 1. The van der Waals surface area contributed by atoms with Gasteiger partial charge in [0.05, 0.1) is 5.92 Å². The Morgan fingerprint density at radius 2 is 1.94 bits per heavy atom. The van der Waals surface area contributed by atoms with Crippen molar-refractivity contribution in [3.63, 3.8) is 0 Å². The second-order valence-corrected chi connectivity index (χ2v) is 5.84. The lowest BCUT2D eigenvalue weighted by Crippen LogP contribution is -2.51. The third kappa shape index (κ3) is 4.91. The van der Waals surface area contributed by atoms with E-state index in [9.17, 15) is 9.59 Å². The lowest BCUT2D eigenvalue weighted by molar-refractivity contribution is -0.143. The summed E-state index contributed by atoms with van der Waals surface area (Å²) in [6, 6.07) is -0.181. The van der Waals surface area contributed by atoms with Crippen molar-refractivity contribution in [3.05, 3.63) is 0 Å². The van der Waals surface area contributed by atoms with Crippen molar-refractivity contribution in [3.8, 4) is 0 Å². The van der Waals surface area contributed by atoms with Gasteiger partial charge in [-0.1, -0.05) is 0 Å². The lowest BCUT2D eigenvalue weighted by Gasteiger charge is -2.34. The predicted molar refractivity (Wildman–Crippen MR) is 66.4 cm³/mol. The van der Waals surface area contributed by atoms with E-state index in [2.05, 4.69) is 5.32 Å². The number of hydrogen-bond donors (Lipinski definition) is 2. The highest BCUT2D eigenvalue weighted by Crippen LogP contribution is 2.16. The molecule has 0 aromatic rings. The number of carbonyl (C=O) groups is 2. The Balaban J connectivity index is 2.51. The van der Waals surface area contributed by atoms with Crippen molar-refractivity contribution >= 4 is 12.1 Å². The smallest absolute Gasteiger partial charge is 0.407 e. The minimum Gasteiger partial charge on any atom is -0.481 e. The predicted octanol–water partition coefficient (Wildman–Crippen LogP) is 0.916. The number of aliphatic carboxylic acids is 1. The fraction of sp³-hybridized carbons (Fsp3) is 0.833. The van der Waals surface area contributed by atoms with Crippen LogP contribution in [0.5, 0.6) is 0 Å². The molecule has 104 valence electrons. The standard InChI is InChI=1S/C12H22N2O4/c1-12(2,3)18-11(17)13-9-5-8(10(15)16)6-14(4)7-9/h8-9H,5-7H2,1-4H3,(H,13,17)(H,15,16). The number of likely N-dealkylation sites (N-methyl/N-ethyl adjacent to an activating group) is 1. The van der Waals surface area contributed by atoms with Crippen LogP contribution in [0.4, 0.5) is 4.79 Å². The van der Waals surface area contributed by atoms with Gasteiger partial charge in [-0.3, -0.25) is 4.79 Å². The largest absolute Gasteiger partial charge is 0.481 e. The highest BCUT2D eigenvalue weighted by atomic mass is 16.6. The third-order valence-corrected chi connectivity index (χ3v) is 2.70. The van der Waals surface area contributed by atoms with Crippen molar-refractivity contribution in [1.82, 2.24) is 10.2 Å². The van der Waals surface area contributed by atoms with E-state index in [1.165, 1.54) is 0 Å². The molecule has 1 rings (SSSR count). The molecule has 18 heavy (non-hydrogen) atoms. The monoisotopic (exact) mass is 258 g/mol. The number of rotatable bonds is 2. The molecule has 0 bridgehead atoms. The van der Waals surface area contributed by atoms with Crippen LogP contribution in [0.2, 0.25) is 0 Å². The fourth-order valence-corrected chi connectivity index (χ4v) is 2.08. The molecule has 1 fully saturated rings. The number of amides is 1. The zero-order valence-electron chi connectivity index (χ0n) is 11.4. The fourth-order valence-electron chi connectivity index (χ4n) is 2.08. The minimum atomic E-state index is -0.822. The summed E-state index contributed by atoms with van der Waals surface area (Å²) in [6.07, 6.45) is -0.0502. The maximum Gasteiger partial charge on any atom is 0.407 e. The maximum absolute atomic E-state index is 11.6. The first-order valence-corrected chi connectivity index (χ1v) is 6.08. The molecule has 2 atom stereocenters. The normalized spacial score (nSPS) is 25.6. The van der Waals surface area contributed by atoms with Gasteiger partial charge in [-0.15, -0.1) is 0 Å². The molecule has 0 spiro atoms. The van der Waals surface area contributed by atoms with Gasteiger partial charge in [0.1, 0.15) is 5.60 Å². The van der Waals surface area contributed by atoms with E-state index in [0.717, 1.165) is 0 Å². The van der Waals surface area contributed by atoms with Gasteiger partial charge in [0.2, 0.25) is 0 Å².